The summed E-state index contributed by atoms with van der Waals surface area (Å²) in [5.41, 5.74) is 0. The van der Waals surface area contributed by atoms with E-state index in [1.54, 1.807) is 6.07 Å². The van der Waals surface area contributed by atoms with Crippen LogP contribution < -0.4 is 14.2 Å². The first-order chi connectivity index (χ1) is 10.5. The second-order valence-corrected chi connectivity index (χ2v) is 4.39. The molecule has 6 heteroatoms. The monoisotopic (exact) mass is 312 g/mol. The number of hydrogen-bond acceptors (Lipinski definition) is 3. The third-order valence-corrected chi connectivity index (χ3v) is 2.61. The lowest BCUT2D eigenvalue weighted by Crippen LogP contribution is -2.17. The molecule has 0 radical (unpaired) electrons. The van der Waals surface area contributed by atoms with Crippen LogP contribution in [0.2, 0.25) is 0 Å². The number of benzene rings is 2. The van der Waals surface area contributed by atoms with Crippen molar-refractivity contribution in [3.8, 4) is 17.2 Å². The standard InChI is InChI=1S/C16H15F3O3/c17-16(18,19)22-15-9-4-8-14(12-15)21-11-5-10-20-13-6-2-1-3-7-13/h1-4,6-9,12H,5,10-11H2. The highest BCUT2D eigenvalue weighted by atomic mass is 19.4. The van der Waals surface area contributed by atoms with Crippen LogP contribution in [0.25, 0.3) is 0 Å². The fourth-order valence-electron chi connectivity index (χ4n) is 1.72. The molecule has 0 unspecified atom stereocenters. The van der Waals surface area contributed by atoms with Gasteiger partial charge in [-0.3, -0.25) is 0 Å². The maximum Gasteiger partial charge on any atom is 0.573 e. The first-order valence-electron chi connectivity index (χ1n) is 6.69. The van der Waals surface area contributed by atoms with Gasteiger partial charge in [0.25, 0.3) is 0 Å². The Morgan fingerprint density at radius 1 is 0.727 bits per heavy atom. The lowest BCUT2D eigenvalue weighted by Gasteiger charge is -2.11. The summed E-state index contributed by atoms with van der Waals surface area (Å²) in [4.78, 5) is 0. The molecule has 2 aromatic carbocycles. The van der Waals surface area contributed by atoms with Crippen molar-refractivity contribution in [1.29, 1.82) is 0 Å². The summed E-state index contributed by atoms with van der Waals surface area (Å²) in [6, 6.07) is 14.8. The third-order valence-electron chi connectivity index (χ3n) is 2.61. The van der Waals surface area contributed by atoms with E-state index in [-0.39, 0.29) is 5.75 Å². The summed E-state index contributed by atoms with van der Waals surface area (Å²) < 4.78 is 51.0. The SMILES string of the molecule is FC(F)(F)Oc1cccc(OCCCOc2ccccc2)c1. The average molecular weight is 312 g/mol. The first kappa shape index (κ1) is 16.0. The van der Waals surface area contributed by atoms with Gasteiger partial charge in [-0.2, -0.15) is 0 Å². The molecule has 2 rings (SSSR count). The molecule has 2 aromatic rings. The Kier molecular flexibility index (Phi) is 5.52. The van der Waals surface area contributed by atoms with Gasteiger partial charge < -0.3 is 14.2 Å². The molecule has 0 atom stereocenters. The van der Waals surface area contributed by atoms with Gasteiger partial charge in [-0.1, -0.05) is 24.3 Å². The van der Waals surface area contributed by atoms with E-state index in [0.29, 0.717) is 25.4 Å². The van der Waals surface area contributed by atoms with Gasteiger partial charge in [-0.25, -0.2) is 0 Å². The molecule has 0 bridgehead atoms. The molecule has 0 amide bonds. The third kappa shape index (κ3) is 5.95. The van der Waals surface area contributed by atoms with Crippen molar-refractivity contribution < 1.29 is 27.4 Å². The molecule has 0 saturated carbocycles. The van der Waals surface area contributed by atoms with Gasteiger partial charge in [-0.15, -0.1) is 13.2 Å². The van der Waals surface area contributed by atoms with E-state index in [9.17, 15) is 13.2 Å². The fourth-order valence-corrected chi connectivity index (χ4v) is 1.72. The van der Waals surface area contributed by atoms with Gasteiger partial charge in [0, 0.05) is 12.5 Å². The van der Waals surface area contributed by atoms with E-state index in [1.165, 1.54) is 18.2 Å². The molecule has 0 spiro atoms. The lowest BCUT2D eigenvalue weighted by molar-refractivity contribution is -0.274. The van der Waals surface area contributed by atoms with Gasteiger partial charge in [0.1, 0.15) is 17.2 Å². The van der Waals surface area contributed by atoms with Crippen molar-refractivity contribution in [2.24, 2.45) is 0 Å². The van der Waals surface area contributed by atoms with Crippen molar-refractivity contribution in [3.05, 3.63) is 54.6 Å². The van der Waals surface area contributed by atoms with E-state index in [2.05, 4.69) is 4.74 Å². The summed E-state index contributed by atoms with van der Waals surface area (Å²) in [6.45, 7) is 0.797. The zero-order valence-electron chi connectivity index (χ0n) is 11.7. The van der Waals surface area contributed by atoms with Crippen LogP contribution in [-0.4, -0.2) is 19.6 Å². The van der Waals surface area contributed by atoms with Gasteiger partial charge in [0.15, 0.2) is 0 Å². The highest BCUT2D eigenvalue weighted by molar-refractivity contribution is 5.33. The molecule has 0 aromatic heterocycles. The number of hydrogen-bond donors (Lipinski definition) is 0. The summed E-state index contributed by atoms with van der Waals surface area (Å²) >= 11 is 0. The van der Waals surface area contributed by atoms with Crippen LogP contribution in [0.15, 0.2) is 54.6 Å². The number of rotatable bonds is 7. The molecule has 0 saturated heterocycles. The van der Waals surface area contributed by atoms with E-state index >= 15 is 0 Å². The fraction of sp³-hybridized carbons (Fsp3) is 0.250. The molecule has 0 aliphatic carbocycles. The number of alkyl halides is 3. The molecule has 118 valence electrons. The highest BCUT2D eigenvalue weighted by Crippen LogP contribution is 2.26. The first-order valence-corrected chi connectivity index (χ1v) is 6.69. The number of halogens is 3. The zero-order chi connectivity index (χ0) is 15.8. The summed E-state index contributed by atoms with van der Waals surface area (Å²) in [7, 11) is 0. The second kappa shape index (κ2) is 7.59. The van der Waals surface area contributed by atoms with Gasteiger partial charge in [0.2, 0.25) is 0 Å². The Bertz CT molecular complexity index is 570. The van der Waals surface area contributed by atoms with Gasteiger partial charge in [0.05, 0.1) is 13.2 Å². The normalized spacial score (nSPS) is 11.0. The second-order valence-electron chi connectivity index (χ2n) is 4.39. The molecular weight excluding hydrogens is 297 g/mol. The molecule has 0 fully saturated rings. The lowest BCUT2D eigenvalue weighted by atomic mass is 10.3. The van der Waals surface area contributed by atoms with Crippen LogP contribution in [0.5, 0.6) is 17.2 Å². The molecule has 0 N–H and O–H groups in total. The zero-order valence-corrected chi connectivity index (χ0v) is 11.7. The largest absolute Gasteiger partial charge is 0.573 e. The minimum atomic E-state index is -4.71. The quantitative estimate of drug-likeness (QED) is 0.708. The van der Waals surface area contributed by atoms with E-state index < -0.39 is 6.36 Å². The molecule has 22 heavy (non-hydrogen) atoms. The molecule has 0 heterocycles. The Balaban J connectivity index is 1.72. The Hall–Kier alpha value is -2.37. The van der Waals surface area contributed by atoms with Crippen LogP contribution in [0, 0.1) is 0 Å². The Morgan fingerprint density at radius 2 is 1.32 bits per heavy atom. The molecule has 0 aliphatic rings. The van der Waals surface area contributed by atoms with Gasteiger partial charge in [-0.05, 0) is 24.3 Å². The predicted molar refractivity (Wildman–Crippen MR) is 75.2 cm³/mol. The van der Waals surface area contributed by atoms with Crippen LogP contribution in [0.4, 0.5) is 13.2 Å². The Labute approximate surface area is 126 Å². The predicted octanol–water partition coefficient (Wildman–Crippen LogP) is 4.43. The van der Waals surface area contributed by atoms with Crippen molar-refractivity contribution in [3.63, 3.8) is 0 Å². The van der Waals surface area contributed by atoms with Crippen LogP contribution in [0.3, 0.4) is 0 Å². The topological polar surface area (TPSA) is 27.7 Å². The molecular formula is C16H15F3O3. The van der Waals surface area contributed by atoms with Crippen molar-refractivity contribution in [1.82, 2.24) is 0 Å². The molecule has 0 aliphatic heterocycles. The maximum atomic E-state index is 12.1. The smallest absolute Gasteiger partial charge is 0.493 e. The van der Waals surface area contributed by atoms with Crippen LogP contribution in [0.1, 0.15) is 6.42 Å². The van der Waals surface area contributed by atoms with E-state index in [1.807, 2.05) is 30.3 Å². The minimum absolute atomic E-state index is 0.300. The minimum Gasteiger partial charge on any atom is -0.493 e. The average Bonchev–Trinajstić information content (AvgIpc) is 2.47. The van der Waals surface area contributed by atoms with Crippen LogP contribution >= 0.6 is 0 Å². The molecule has 3 nitrogen and oxygen atoms in total. The summed E-state index contributed by atoms with van der Waals surface area (Å²) in [5, 5.41) is 0. The van der Waals surface area contributed by atoms with E-state index in [4.69, 9.17) is 9.47 Å². The van der Waals surface area contributed by atoms with E-state index in [0.717, 1.165) is 5.75 Å². The Morgan fingerprint density at radius 3 is 2.00 bits per heavy atom. The maximum absolute atomic E-state index is 12.1. The van der Waals surface area contributed by atoms with Crippen molar-refractivity contribution in [2.75, 3.05) is 13.2 Å². The van der Waals surface area contributed by atoms with Crippen molar-refractivity contribution >= 4 is 0 Å². The van der Waals surface area contributed by atoms with Crippen molar-refractivity contribution in [2.45, 2.75) is 12.8 Å². The highest BCUT2D eigenvalue weighted by Gasteiger charge is 2.31. The van der Waals surface area contributed by atoms with Crippen LogP contribution in [-0.2, 0) is 0 Å². The number of ether oxygens (including phenoxy) is 3. The van der Waals surface area contributed by atoms with Gasteiger partial charge >= 0.3 is 6.36 Å². The number of para-hydroxylation sites is 1. The summed E-state index contributed by atoms with van der Waals surface area (Å²) in [6.07, 6.45) is -4.10. The summed E-state index contributed by atoms with van der Waals surface area (Å²) in [5.74, 6) is 0.787.